The monoisotopic (exact) mass is 277 g/mol. The molecule has 18 heavy (non-hydrogen) atoms. The summed E-state index contributed by atoms with van der Waals surface area (Å²) in [5.74, 6) is -5.21. The zero-order valence-corrected chi connectivity index (χ0v) is 9.27. The van der Waals surface area contributed by atoms with Gasteiger partial charge in [0.25, 0.3) is 0 Å². The van der Waals surface area contributed by atoms with Crippen molar-refractivity contribution in [2.75, 3.05) is 5.32 Å². The van der Waals surface area contributed by atoms with Gasteiger partial charge < -0.3 is 5.32 Å². The molecule has 0 aliphatic heterocycles. The highest BCUT2D eigenvalue weighted by Crippen LogP contribution is 2.24. The van der Waals surface area contributed by atoms with Gasteiger partial charge in [0, 0.05) is 12.1 Å². The third-order valence-corrected chi connectivity index (χ3v) is 2.14. The largest absolute Gasteiger partial charge is 0.335 e. The standard InChI is InChI=1S/C10H4ClF4N3/c11-10-16-3-6(14)9(18-10)17-7-2-4(12)1-5(13)8(7)15/h1-3H,(H,16,17,18). The molecule has 0 radical (unpaired) electrons. The van der Waals surface area contributed by atoms with Crippen LogP contribution in [0.25, 0.3) is 0 Å². The highest BCUT2D eigenvalue weighted by atomic mass is 35.5. The first-order valence-corrected chi connectivity index (χ1v) is 4.95. The molecule has 0 fully saturated rings. The summed E-state index contributed by atoms with van der Waals surface area (Å²) in [6.07, 6.45) is 0.741. The molecule has 0 bridgehead atoms. The summed E-state index contributed by atoms with van der Waals surface area (Å²) in [6, 6.07) is 1.03. The van der Waals surface area contributed by atoms with E-state index < -0.39 is 34.8 Å². The molecule has 0 spiro atoms. The van der Waals surface area contributed by atoms with E-state index in [0.717, 1.165) is 6.20 Å². The average Bonchev–Trinajstić information content (AvgIpc) is 2.30. The summed E-state index contributed by atoms with van der Waals surface area (Å²) in [5, 5.41) is 1.80. The molecular weight excluding hydrogens is 274 g/mol. The Morgan fingerprint density at radius 2 is 1.78 bits per heavy atom. The Morgan fingerprint density at radius 3 is 2.50 bits per heavy atom. The Morgan fingerprint density at radius 1 is 1.06 bits per heavy atom. The maximum Gasteiger partial charge on any atom is 0.224 e. The Balaban J connectivity index is 2.43. The quantitative estimate of drug-likeness (QED) is 0.519. The van der Waals surface area contributed by atoms with E-state index in [4.69, 9.17) is 11.6 Å². The van der Waals surface area contributed by atoms with Crippen molar-refractivity contribution in [1.82, 2.24) is 9.97 Å². The second kappa shape index (κ2) is 4.77. The lowest BCUT2D eigenvalue weighted by Gasteiger charge is -2.08. The van der Waals surface area contributed by atoms with Crippen molar-refractivity contribution in [3.05, 3.63) is 46.9 Å². The van der Waals surface area contributed by atoms with Crippen molar-refractivity contribution in [3.8, 4) is 0 Å². The number of hydrogen-bond acceptors (Lipinski definition) is 3. The number of aromatic nitrogens is 2. The molecule has 0 unspecified atom stereocenters. The minimum Gasteiger partial charge on any atom is -0.335 e. The van der Waals surface area contributed by atoms with Gasteiger partial charge in [0.1, 0.15) is 5.82 Å². The number of benzene rings is 1. The molecule has 2 aromatic rings. The zero-order valence-electron chi connectivity index (χ0n) is 8.52. The van der Waals surface area contributed by atoms with E-state index in [2.05, 4.69) is 15.3 Å². The molecular formula is C10H4ClF4N3. The van der Waals surface area contributed by atoms with Crippen LogP contribution < -0.4 is 5.32 Å². The SMILES string of the molecule is Fc1cc(F)c(F)c(Nc2nc(Cl)ncc2F)c1. The van der Waals surface area contributed by atoms with E-state index in [9.17, 15) is 17.6 Å². The molecule has 0 aliphatic carbocycles. The first-order valence-electron chi connectivity index (χ1n) is 4.57. The van der Waals surface area contributed by atoms with Gasteiger partial charge in [-0.25, -0.2) is 22.5 Å². The van der Waals surface area contributed by atoms with Gasteiger partial charge >= 0.3 is 0 Å². The predicted molar refractivity (Wildman–Crippen MR) is 56.6 cm³/mol. The van der Waals surface area contributed by atoms with E-state index in [1.54, 1.807) is 0 Å². The van der Waals surface area contributed by atoms with E-state index >= 15 is 0 Å². The summed E-state index contributed by atoms with van der Waals surface area (Å²) < 4.78 is 52.3. The molecule has 3 nitrogen and oxygen atoms in total. The van der Waals surface area contributed by atoms with Crippen molar-refractivity contribution < 1.29 is 17.6 Å². The smallest absolute Gasteiger partial charge is 0.224 e. The minimum absolute atomic E-state index is 0.295. The highest BCUT2D eigenvalue weighted by Gasteiger charge is 2.14. The fourth-order valence-corrected chi connectivity index (χ4v) is 1.34. The number of halogens is 5. The van der Waals surface area contributed by atoms with Gasteiger partial charge in [-0.15, -0.1) is 0 Å². The van der Waals surface area contributed by atoms with E-state index in [0.29, 0.717) is 12.1 Å². The summed E-state index contributed by atoms with van der Waals surface area (Å²) in [5.41, 5.74) is -0.596. The van der Waals surface area contributed by atoms with Gasteiger partial charge in [-0.3, -0.25) is 0 Å². The highest BCUT2D eigenvalue weighted by molar-refractivity contribution is 6.28. The maximum absolute atomic E-state index is 13.3. The molecule has 1 aromatic heterocycles. The number of anilines is 2. The van der Waals surface area contributed by atoms with Gasteiger partial charge in [-0.1, -0.05) is 0 Å². The van der Waals surface area contributed by atoms with Gasteiger partial charge in [0.15, 0.2) is 23.3 Å². The molecule has 1 heterocycles. The molecule has 0 saturated heterocycles. The van der Waals surface area contributed by atoms with Crippen molar-refractivity contribution in [2.45, 2.75) is 0 Å². The number of rotatable bonds is 2. The number of hydrogen-bond donors (Lipinski definition) is 1. The van der Waals surface area contributed by atoms with Crippen LogP contribution in [0.5, 0.6) is 0 Å². The Labute approximate surface area is 103 Å². The van der Waals surface area contributed by atoms with Crippen molar-refractivity contribution in [1.29, 1.82) is 0 Å². The summed E-state index contributed by atoms with van der Waals surface area (Å²) in [6.45, 7) is 0. The van der Waals surface area contributed by atoms with Crippen LogP contribution in [0.4, 0.5) is 29.1 Å². The van der Waals surface area contributed by atoms with Gasteiger partial charge in [0.2, 0.25) is 5.28 Å². The second-order valence-electron chi connectivity index (χ2n) is 3.21. The first-order chi connectivity index (χ1) is 8.47. The zero-order chi connectivity index (χ0) is 13.3. The third-order valence-electron chi connectivity index (χ3n) is 1.96. The lowest BCUT2D eigenvalue weighted by atomic mass is 10.3. The lowest BCUT2D eigenvalue weighted by molar-refractivity contribution is 0.498. The van der Waals surface area contributed by atoms with Crippen LogP contribution >= 0.6 is 11.6 Å². The fourth-order valence-electron chi connectivity index (χ4n) is 1.21. The molecule has 0 aliphatic rings. The fraction of sp³-hybridized carbons (Fsp3) is 0. The van der Waals surface area contributed by atoms with Crippen LogP contribution in [0, 0.1) is 23.3 Å². The maximum atomic E-state index is 13.3. The molecule has 94 valence electrons. The summed E-state index contributed by atoms with van der Waals surface area (Å²) in [7, 11) is 0. The molecule has 0 amide bonds. The van der Waals surface area contributed by atoms with E-state index in [-0.39, 0.29) is 5.28 Å². The molecule has 0 atom stereocenters. The molecule has 0 saturated carbocycles. The van der Waals surface area contributed by atoms with Crippen molar-refractivity contribution >= 4 is 23.1 Å². The van der Waals surface area contributed by atoms with Crippen LogP contribution in [-0.2, 0) is 0 Å². The van der Waals surface area contributed by atoms with Crippen LogP contribution in [0.2, 0.25) is 5.28 Å². The van der Waals surface area contributed by atoms with Crippen LogP contribution in [0.1, 0.15) is 0 Å². The van der Waals surface area contributed by atoms with Gasteiger partial charge in [-0.05, 0) is 11.6 Å². The Kier molecular flexibility index (Phi) is 3.33. The third kappa shape index (κ3) is 2.51. The second-order valence-corrected chi connectivity index (χ2v) is 3.55. The normalized spacial score (nSPS) is 10.5. The lowest BCUT2D eigenvalue weighted by Crippen LogP contribution is -2.02. The van der Waals surface area contributed by atoms with E-state index in [1.807, 2.05) is 0 Å². The predicted octanol–water partition coefficient (Wildman–Crippen LogP) is 3.43. The summed E-state index contributed by atoms with van der Waals surface area (Å²) in [4.78, 5) is 6.76. The van der Waals surface area contributed by atoms with Gasteiger partial charge in [0.05, 0.1) is 11.9 Å². The van der Waals surface area contributed by atoms with Crippen LogP contribution in [-0.4, -0.2) is 9.97 Å². The number of nitrogens with one attached hydrogen (secondary N) is 1. The van der Waals surface area contributed by atoms with Crippen LogP contribution in [0.3, 0.4) is 0 Å². The molecule has 2 rings (SSSR count). The Bertz CT molecular complexity index is 606. The Hall–Kier alpha value is -1.89. The molecule has 1 N–H and O–H groups in total. The minimum atomic E-state index is -1.40. The topological polar surface area (TPSA) is 37.8 Å². The van der Waals surface area contributed by atoms with Crippen molar-refractivity contribution in [2.24, 2.45) is 0 Å². The van der Waals surface area contributed by atoms with Gasteiger partial charge in [-0.2, -0.15) is 4.98 Å². The first kappa shape index (κ1) is 12.6. The van der Waals surface area contributed by atoms with Crippen molar-refractivity contribution in [3.63, 3.8) is 0 Å². The van der Waals surface area contributed by atoms with Crippen LogP contribution in [0.15, 0.2) is 18.3 Å². The molecule has 1 aromatic carbocycles. The van der Waals surface area contributed by atoms with E-state index in [1.165, 1.54) is 0 Å². The molecule has 8 heteroatoms. The average molecular weight is 278 g/mol. The number of nitrogens with zero attached hydrogens (tertiary/aromatic N) is 2. The summed E-state index contributed by atoms with van der Waals surface area (Å²) >= 11 is 5.41.